The number of ether oxygens (including phenoxy) is 2. The van der Waals surface area contributed by atoms with Crippen molar-refractivity contribution >= 4 is 64.6 Å². The fourth-order valence-corrected chi connectivity index (χ4v) is 9.74. The molecule has 314 valence electrons. The second-order valence-corrected chi connectivity index (χ2v) is 17.0. The lowest BCUT2D eigenvalue weighted by atomic mass is 9.92. The van der Waals surface area contributed by atoms with Gasteiger partial charge < -0.3 is 19.7 Å². The third-order valence-corrected chi connectivity index (χ3v) is 12.9. The zero-order chi connectivity index (χ0) is 44.1. The largest absolute Gasteiger partial charge is 0.457 e. The van der Waals surface area contributed by atoms with Crippen LogP contribution < -0.4 is 9.47 Å². The number of fused-ring (bicyclic) bond motifs is 6. The highest BCUT2D eigenvalue weighted by atomic mass is 16.5. The summed E-state index contributed by atoms with van der Waals surface area (Å²) in [5.41, 5.74) is 7.76. The number of aliphatic hydroxyl groups excluding tert-OH is 2. The van der Waals surface area contributed by atoms with Crippen LogP contribution in [0.3, 0.4) is 0 Å². The summed E-state index contributed by atoms with van der Waals surface area (Å²) in [7, 11) is 0. The molecule has 0 saturated carbocycles. The van der Waals surface area contributed by atoms with E-state index in [1.54, 1.807) is 0 Å². The Balaban J connectivity index is 1.01. The van der Waals surface area contributed by atoms with Gasteiger partial charge in [-0.1, -0.05) is 146 Å². The minimum atomic E-state index is -0.0554. The summed E-state index contributed by atoms with van der Waals surface area (Å²) < 4.78 is 14.2. The molecule has 0 unspecified atom stereocenters. The lowest BCUT2D eigenvalue weighted by molar-refractivity contribution is 0.282. The quantitative estimate of drug-likeness (QED) is 0.152. The van der Waals surface area contributed by atoms with Gasteiger partial charge >= 0.3 is 0 Å². The Hall–Kier alpha value is -8.28. The van der Waals surface area contributed by atoms with Crippen LogP contribution >= 0.6 is 0 Å². The first kappa shape index (κ1) is 39.3. The van der Waals surface area contributed by atoms with Gasteiger partial charge in [0, 0.05) is 11.1 Å². The topological polar surface area (TPSA) is 58.9 Å². The van der Waals surface area contributed by atoms with Crippen molar-refractivity contribution in [2.24, 2.45) is 0 Å². The molecule has 0 aromatic heterocycles. The van der Waals surface area contributed by atoms with Gasteiger partial charge in [-0.05, 0) is 171 Å². The molecule has 0 aliphatic heterocycles. The molecule has 0 spiro atoms. The number of aliphatic hydroxyl groups is 2. The summed E-state index contributed by atoms with van der Waals surface area (Å²) in [6.07, 6.45) is 0. The van der Waals surface area contributed by atoms with Crippen LogP contribution in [0.1, 0.15) is 11.1 Å². The Morgan fingerprint density at radius 3 is 1.11 bits per heavy atom. The van der Waals surface area contributed by atoms with Crippen molar-refractivity contribution in [1.29, 1.82) is 0 Å². The molecule has 0 heterocycles. The molecule has 12 aromatic rings. The highest BCUT2D eigenvalue weighted by Gasteiger charge is 2.21. The fourth-order valence-electron chi connectivity index (χ4n) is 9.74. The van der Waals surface area contributed by atoms with Crippen LogP contribution in [0.4, 0.5) is 0 Å². The van der Waals surface area contributed by atoms with Crippen LogP contribution in [0, 0.1) is 0 Å². The SMILES string of the molecule is OCc1cc(-c2ccc3ccccc3c2)c2cc(Oc3ccc4ccccc4c3-c3c(Oc4ccc5cc(CO)cc(-c6ccc7ccccc7c6)c5c4)ccc4ccccc34)ccc2c1. The predicted molar refractivity (Wildman–Crippen MR) is 273 cm³/mol. The zero-order valence-electron chi connectivity index (χ0n) is 35.9. The average molecular weight is 851 g/mol. The van der Waals surface area contributed by atoms with Crippen molar-refractivity contribution in [3.63, 3.8) is 0 Å². The first-order valence-electron chi connectivity index (χ1n) is 22.3. The smallest absolute Gasteiger partial charge is 0.136 e. The van der Waals surface area contributed by atoms with E-state index in [-0.39, 0.29) is 13.2 Å². The molecule has 0 bridgehead atoms. The van der Waals surface area contributed by atoms with Gasteiger partial charge in [-0.15, -0.1) is 0 Å². The molecule has 0 aliphatic carbocycles. The summed E-state index contributed by atoms with van der Waals surface area (Å²) in [4.78, 5) is 0. The molecule has 12 aromatic carbocycles. The highest BCUT2D eigenvalue weighted by molar-refractivity contribution is 6.10. The Bertz CT molecular complexity index is 3610. The molecule has 0 saturated heterocycles. The van der Waals surface area contributed by atoms with Gasteiger partial charge in [0.25, 0.3) is 0 Å². The van der Waals surface area contributed by atoms with E-state index in [4.69, 9.17) is 9.47 Å². The molecule has 0 aliphatic rings. The first-order valence-corrected chi connectivity index (χ1v) is 22.3. The van der Waals surface area contributed by atoms with E-state index in [9.17, 15) is 10.2 Å². The Morgan fingerprint density at radius 2 is 0.667 bits per heavy atom. The molecular weight excluding hydrogens is 809 g/mol. The van der Waals surface area contributed by atoms with Gasteiger partial charge in [0.1, 0.15) is 23.0 Å². The Morgan fingerprint density at radius 1 is 0.288 bits per heavy atom. The van der Waals surface area contributed by atoms with Gasteiger partial charge in [-0.2, -0.15) is 0 Å². The molecule has 12 rings (SSSR count). The predicted octanol–water partition coefficient (Wildman–Crippen LogP) is 16.2. The fraction of sp³-hybridized carbons (Fsp3) is 0.0323. The van der Waals surface area contributed by atoms with E-state index >= 15 is 0 Å². The third kappa shape index (κ3) is 7.06. The maximum Gasteiger partial charge on any atom is 0.136 e. The maximum absolute atomic E-state index is 10.3. The molecule has 4 heteroatoms. The molecular formula is C62H42O4. The number of rotatable bonds is 9. The lowest BCUT2D eigenvalue weighted by Crippen LogP contribution is -1.96. The second kappa shape index (κ2) is 16.4. The van der Waals surface area contributed by atoms with Crippen LogP contribution in [0.2, 0.25) is 0 Å². The number of benzene rings is 12. The van der Waals surface area contributed by atoms with Crippen LogP contribution in [-0.4, -0.2) is 10.2 Å². The normalized spacial score (nSPS) is 11.6. The van der Waals surface area contributed by atoms with E-state index in [0.717, 1.165) is 98.4 Å². The molecule has 2 N–H and O–H groups in total. The summed E-state index contributed by atoms with van der Waals surface area (Å²) in [6.45, 7) is -0.111. The molecule has 4 nitrogen and oxygen atoms in total. The van der Waals surface area contributed by atoms with E-state index in [2.05, 4.69) is 194 Å². The minimum absolute atomic E-state index is 0.0554. The lowest BCUT2D eigenvalue weighted by Gasteiger charge is -2.20. The number of hydrogen-bond donors (Lipinski definition) is 2. The monoisotopic (exact) mass is 850 g/mol. The van der Waals surface area contributed by atoms with Crippen LogP contribution in [0.15, 0.2) is 218 Å². The van der Waals surface area contributed by atoms with Gasteiger partial charge in [-0.3, -0.25) is 0 Å². The van der Waals surface area contributed by atoms with Gasteiger partial charge in [0.05, 0.1) is 13.2 Å². The van der Waals surface area contributed by atoms with Gasteiger partial charge in [-0.25, -0.2) is 0 Å². The Labute approximate surface area is 381 Å². The van der Waals surface area contributed by atoms with E-state index < -0.39 is 0 Å². The van der Waals surface area contributed by atoms with E-state index in [0.29, 0.717) is 23.0 Å². The molecule has 0 atom stereocenters. The summed E-state index contributed by atoms with van der Waals surface area (Å²) >= 11 is 0. The second-order valence-electron chi connectivity index (χ2n) is 17.0. The van der Waals surface area contributed by atoms with Crippen LogP contribution in [0.25, 0.3) is 98.0 Å². The van der Waals surface area contributed by atoms with Gasteiger partial charge in [0.15, 0.2) is 0 Å². The van der Waals surface area contributed by atoms with Crippen molar-refractivity contribution in [2.45, 2.75) is 13.2 Å². The third-order valence-electron chi connectivity index (χ3n) is 12.9. The summed E-state index contributed by atoms with van der Waals surface area (Å²) in [5, 5.41) is 33.6. The summed E-state index contributed by atoms with van der Waals surface area (Å²) in [5.74, 6) is 2.78. The Kier molecular flexibility index (Phi) is 9.75. The number of hydrogen-bond acceptors (Lipinski definition) is 4. The minimum Gasteiger partial charge on any atom is -0.457 e. The van der Waals surface area contributed by atoms with Crippen molar-refractivity contribution < 1.29 is 19.7 Å². The van der Waals surface area contributed by atoms with Crippen molar-refractivity contribution in [2.75, 3.05) is 0 Å². The standard InChI is InChI=1S/C62H42O4/c63-37-39-29-47-21-25-51(35-57(47)55(31-39)49-19-17-41-9-1-3-13-45(41)33-49)65-59-27-23-43-11-5-7-15-53(43)61(59)62-54-16-8-6-12-44(54)24-28-60(62)66-52-26-22-48-30-40(38-64)32-56(58(48)36-52)50-20-18-42-10-2-4-14-46(42)34-50/h1-36,63-64H,37-38H2. The zero-order valence-corrected chi connectivity index (χ0v) is 35.9. The van der Waals surface area contributed by atoms with Crippen molar-refractivity contribution in [3.8, 4) is 56.4 Å². The molecule has 0 fully saturated rings. The summed E-state index contributed by atoms with van der Waals surface area (Å²) in [6, 6.07) is 75.7. The van der Waals surface area contributed by atoms with Crippen LogP contribution in [0.5, 0.6) is 23.0 Å². The highest BCUT2D eigenvalue weighted by Crippen LogP contribution is 2.48. The van der Waals surface area contributed by atoms with E-state index in [1.807, 2.05) is 24.3 Å². The van der Waals surface area contributed by atoms with Gasteiger partial charge in [0.2, 0.25) is 0 Å². The van der Waals surface area contributed by atoms with E-state index in [1.165, 1.54) is 10.8 Å². The van der Waals surface area contributed by atoms with Crippen molar-refractivity contribution in [3.05, 3.63) is 230 Å². The maximum atomic E-state index is 10.3. The van der Waals surface area contributed by atoms with Crippen LogP contribution in [-0.2, 0) is 13.2 Å². The average Bonchev–Trinajstić information content (AvgIpc) is 3.37. The van der Waals surface area contributed by atoms with Crippen molar-refractivity contribution in [1.82, 2.24) is 0 Å². The molecule has 0 amide bonds. The molecule has 66 heavy (non-hydrogen) atoms. The first-order chi connectivity index (χ1) is 32.6. The molecule has 0 radical (unpaired) electrons.